The molecule has 2 aliphatic rings. The van der Waals surface area contributed by atoms with Crippen LogP contribution in [0.4, 0.5) is 4.79 Å². The molecule has 2 heterocycles. The molecule has 3 amide bonds. The summed E-state index contributed by atoms with van der Waals surface area (Å²) < 4.78 is 0. The Kier molecular flexibility index (Phi) is 4.33. The zero-order chi connectivity index (χ0) is 17.4. The Morgan fingerprint density at radius 1 is 1.24 bits per heavy atom. The monoisotopic (exact) mass is 372 g/mol. The van der Waals surface area contributed by atoms with Crippen molar-refractivity contribution in [3.8, 4) is 0 Å². The maximum atomic E-state index is 13.1. The number of carbonyl (C=O) groups is 2. The van der Waals surface area contributed by atoms with Gasteiger partial charge in [0.1, 0.15) is 5.54 Å². The fourth-order valence-corrected chi connectivity index (χ4v) is 5.47. The highest BCUT2D eigenvalue weighted by Crippen LogP contribution is 2.42. The largest absolute Gasteiger partial charge is 0.325 e. The summed E-state index contributed by atoms with van der Waals surface area (Å²) in [6, 6.07) is 10.0. The molecule has 1 aromatic carbocycles. The molecule has 1 fully saturated rings. The van der Waals surface area contributed by atoms with Gasteiger partial charge < -0.3 is 5.32 Å². The second-order valence-corrected chi connectivity index (χ2v) is 8.73. The topological polar surface area (TPSA) is 49.4 Å². The van der Waals surface area contributed by atoms with Gasteiger partial charge in [0.25, 0.3) is 5.91 Å². The molecule has 1 aromatic heterocycles. The van der Waals surface area contributed by atoms with Gasteiger partial charge in [-0.15, -0.1) is 23.1 Å². The summed E-state index contributed by atoms with van der Waals surface area (Å²) in [5, 5.41) is 5.02. The lowest BCUT2D eigenvalue weighted by atomic mass is 9.80. The standard InChI is InChI=1S/C19H20N2O2S2/c1-13-4-6-14(7-5-13)24-12-10-21-17(22)19(20-18(21)23)9-2-3-16-15(19)8-11-25-16/h4-8,11H,2-3,9-10,12H2,1H3,(H,20,23)/t19-/m0/s1. The van der Waals surface area contributed by atoms with E-state index < -0.39 is 5.54 Å². The van der Waals surface area contributed by atoms with Crippen molar-refractivity contribution in [3.63, 3.8) is 0 Å². The maximum Gasteiger partial charge on any atom is 0.325 e. The van der Waals surface area contributed by atoms with Gasteiger partial charge in [-0.05, 0) is 49.8 Å². The average Bonchev–Trinajstić information content (AvgIpc) is 3.17. The molecule has 6 heteroatoms. The van der Waals surface area contributed by atoms with Gasteiger partial charge in [0, 0.05) is 27.6 Å². The van der Waals surface area contributed by atoms with Gasteiger partial charge in [-0.3, -0.25) is 9.69 Å². The highest BCUT2D eigenvalue weighted by Gasteiger charge is 2.54. The van der Waals surface area contributed by atoms with E-state index in [-0.39, 0.29) is 11.9 Å². The van der Waals surface area contributed by atoms with E-state index >= 15 is 0 Å². The van der Waals surface area contributed by atoms with Crippen LogP contribution in [-0.2, 0) is 16.8 Å². The normalized spacial score (nSPS) is 22.4. The van der Waals surface area contributed by atoms with Gasteiger partial charge in [0.15, 0.2) is 0 Å². The van der Waals surface area contributed by atoms with Crippen LogP contribution in [0.1, 0.15) is 28.8 Å². The molecule has 0 radical (unpaired) electrons. The molecular weight excluding hydrogens is 352 g/mol. The SMILES string of the molecule is Cc1ccc(SCCN2C(=O)N[C@]3(CCCc4sccc43)C2=O)cc1. The fraction of sp³-hybridized carbons (Fsp3) is 0.368. The summed E-state index contributed by atoms with van der Waals surface area (Å²) in [6.07, 6.45) is 2.63. The Hall–Kier alpha value is -1.79. The van der Waals surface area contributed by atoms with Crippen LogP contribution in [0.2, 0.25) is 0 Å². The Labute approximate surface area is 155 Å². The summed E-state index contributed by atoms with van der Waals surface area (Å²) in [7, 11) is 0. The van der Waals surface area contributed by atoms with Crippen LogP contribution >= 0.6 is 23.1 Å². The summed E-state index contributed by atoms with van der Waals surface area (Å²) in [5.41, 5.74) is 1.42. The first-order valence-electron chi connectivity index (χ1n) is 8.50. The van der Waals surface area contributed by atoms with Crippen LogP contribution in [-0.4, -0.2) is 29.1 Å². The van der Waals surface area contributed by atoms with E-state index in [1.165, 1.54) is 15.3 Å². The molecule has 130 valence electrons. The molecule has 2 aromatic rings. The molecule has 0 bridgehead atoms. The van der Waals surface area contributed by atoms with E-state index in [2.05, 4.69) is 36.5 Å². The zero-order valence-corrected chi connectivity index (χ0v) is 15.7. The van der Waals surface area contributed by atoms with E-state index in [1.54, 1.807) is 23.1 Å². The Morgan fingerprint density at radius 2 is 2.04 bits per heavy atom. The lowest BCUT2D eigenvalue weighted by molar-refractivity contribution is -0.132. The minimum absolute atomic E-state index is 0.0821. The molecule has 0 unspecified atom stereocenters. The second kappa shape index (κ2) is 6.50. The summed E-state index contributed by atoms with van der Waals surface area (Å²) >= 11 is 3.35. The Morgan fingerprint density at radius 3 is 2.84 bits per heavy atom. The molecule has 1 aliphatic carbocycles. The van der Waals surface area contributed by atoms with Gasteiger partial charge in [-0.2, -0.15) is 0 Å². The Balaban J connectivity index is 1.46. The summed E-state index contributed by atoms with van der Waals surface area (Å²) in [5.74, 6) is 0.621. The number of imide groups is 1. The van der Waals surface area contributed by atoms with Crippen LogP contribution in [0.5, 0.6) is 0 Å². The van der Waals surface area contributed by atoms with Crippen LogP contribution in [0, 0.1) is 6.92 Å². The number of carbonyl (C=O) groups excluding carboxylic acids is 2. The first kappa shape index (κ1) is 16.7. The first-order chi connectivity index (χ1) is 12.1. The van der Waals surface area contributed by atoms with Gasteiger partial charge in [0.2, 0.25) is 0 Å². The van der Waals surface area contributed by atoms with Crippen LogP contribution in [0.25, 0.3) is 0 Å². The molecular formula is C19H20N2O2S2. The summed E-state index contributed by atoms with van der Waals surface area (Å²) in [6.45, 7) is 2.49. The molecule has 1 atom stereocenters. The van der Waals surface area contributed by atoms with Gasteiger partial charge in [0.05, 0.1) is 0 Å². The third-order valence-electron chi connectivity index (χ3n) is 4.94. The first-order valence-corrected chi connectivity index (χ1v) is 10.4. The third-order valence-corrected chi connectivity index (χ3v) is 6.91. The number of hydrogen-bond acceptors (Lipinski definition) is 4. The fourth-order valence-electron chi connectivity index (χ4n) is 3.63. The molecule has 1 saturated heterocycles. The zero-order valence-electron chi connectivity index (χ0n) is 14.1. The number of rotatable bonds is 4. The average molecular weight is 373 g/mol. The molecule has 25 heavy (non-hydrogen) atoms. The smallest absolute Gasteiger partial charge is 0.319 e. The lowest BCUT2D eigenvalue weighted by Crippen LogP contribution is -2.46. The van der Waals surface area contributed by atoms with Gasteiger partial charge in [-0.25, -0.2) is 4.79 Å². The number of fused-ring (bicyclic) bond motifs is 2. The number of thioether (sulfide) groups is 1. The predicted octanol–water partition coefficient (Wildman–Crippen LogP) is 3.93. The van der Waals surface area contributed by atoms with Gasteiger partial charge in [-0.1, -0.05) is 17.7 Å². The minimum atomic E-state index is -0.820. The highest BCUT2D eigenvalue weighted by atomic mass is 32.2. The van der Waals surface area contributed by atoms with Crippen molar-refractivity contribution in [3.05, 3.63) is 51.7 Å². The van der Waals surface area contributed by atoms with E-state index in [0.29, 0.717) is 18.7 Å². The quantitative estimate of drug-likeness (QED) is 0.653. The number of aryl methyl sites for hydroxylation is 2. The molecule has 4 nitrogen and oxygen atoms in total. The molecule has 1 N–H and O–H groups in total. The minimum Gasteiger partial charge on any atom is -0.319 e. The van der Waals surface area contributed by atoms with Crippen LogP contribution < -0.4 is 5.32 Å². The van der Waals surface area contributed by atoms with Crippen molar-refractivity contribution < 1.29 is 9.59 Å². The number of nitrogens with one attached hydrogen (secondary N) is 1. The molecule has 0 saturated carbocycles. The van der Waals surface area contributed by atoms with E-state index in [0.717, 1.165) is 23.3 Å². The van der Waals surface area contributed by atoms with E-state index in [4.69, 9.17) is 0 Å². The van der Waals surface area contributed by atoms with Gasteiger partial charge >= 0.3 is 6.03 Å². The lowest BCUT2D eigenvalue weighted by Gasteiger charge is -2.31. The number of thiophene rings is 1. The maximum absolute atomic E-state index is 13.1. The van der Waals surface area contributed by atoms with Crippen molar-refractivity contribution in [2.24, 2.45) is 0 Å². The predicted molar refractivity (Wildman–Crippen MR) is 101 cm³/mol. The highest BCUT2D eigenvalue weighted by molar-refractivity contribution is 7.99. The second-order valence-electron chi connectivity index (χ2n) is 6.56. The van der Waals surface area contributed by atoms with Crippen LogP contribution in [0.3, 0.4) is 0 Å². The number of hydrogen-bond donors (Lipinski definition) is 1. The number of nitrogens with zero attached hydrogens (tertiary/aromatic N) is 1. The molecule has 1 aliphatic heterocycles. The van der Waals surface area contributed by atoms with E-state index in [1.807, 2.05) is 11.4 Å². The molecule has 1 spiro atoms. The summed E-state index contributed by atoms with van der Waals surface area (Å²) in [4.78, 5) is 29.3. The van der Waals surface area contributed by atoms with Crippen molar-refractivity contribution >= 4 is 35.0 Å². The molecule has 4 rings (SSSR count). The number of amides is 3. The van der Waals surface area contributed by atoms with E-state index in [9.17, 15) is 9.59 Å². The number of urea groups is 1. The third kappa shape index (κ3) is 2.87. The Bertz CT molecular complexity index is 815. The van der Waals surface area contributed by atoms with Crippen molar-refractivity contribution in [1.82, 2.24) is 10.2 Å². The van der Waals surface area contributed by atoms with Crippen molar-refractivity contribution in [2.45, 2.75) is 36.6 Å². The van der Waals surface area contributed by atoms with Crippen molar-refractivity contribution in [2.75, 3.05) is 12.3 Å². The van der Waals surface area contributed by atoms with Crippen molar-refractivity contribution in [1.29, 1.82) is 0 Å². The number of benzene rings is 1. The van der Waals surface area contributed by atoms with Crippen LogP contribution in [0.15, 0.2) is 40.6 Å².